The minimum absolute atomic E-state index is 0.0603. The molecule has 1 heterocycles. The van der Waals surface area contributed by atoms with Crippen molar-refractivity contribution in [3.8, 4) is 5.75 Å². The van der Waals surface area contributed by atoms with Gasteiger partial charge in [-0.3, -0.25) is 19.0 Å². The second-order valence-corrected chi connectivity index (χ2v) is 7.13. The van der Waals surface area contributed by atoms with Gasteiger partial charge in [0.1, 0.15) is 5.75 Å². The van der Waals surface area contributed by atoms with Gasteiger partial charge in [0.2, 0.25) is 5.91 Å². The number of aromatic hydroxyl groups is 1. The summed E-state index contributed by atoms with van der Waals surface area (Å²) in [5.74, 6) is -5.24. The minimum atomic E-state index is -1.16. The Kier molecular flexibility index (Phi) is 6.05. The zero-order chi connectivity index (χ0) is 22.9. The molecule has 3 rings (SSSR count). The highest BCUT2D eigenvalue weighted by Gasteiger charge is 2.27. The molecule has 31 heavy (non-hydrogen) atoms. The van der Waals surface area contributed by atoms with Gasteiger partial charge in [0.15, 0.2) is 11.6 Å². The second-order valence-electron chi connectivity index (χ2n) is 7.13. The number of carboxylic acids is 1. The van der Waals surface area contributed by atoms with Gasteiger partial charge in [-0.15, -0.1) is 0 Å². The molecular weight excluding hydrogens is 410 g/mol. The van der Waals surface area contributed by atoms with E-state index in [2.05, 4.69) is 5.32 Å². The third-order valence-corrected chi connectivity index (χ3v) is 5.07. The molecule has 0 aliphatic rings. The number of rotatable bonds is 6. The summed E-state index contributed by atoms with van der Waals surface area (Å²) in [5, 5.41) is 21.7. The molecule has 0 radical (unpaired) electrons. The van der Waals surface area contributed by atoms with Gasteiger partial charge in [-0.1, -0.05) is 0 Å². The lowest BCUT2D eigenvalue weighted by Crippen LogP contribution is -2.30. The predicted octanol–water partition coefficient (Wildman–Crippen LogP) is 3.32. The first-order chi connectivity index (χ1) is 14.6. The normalized spacial score (nSPS) is 12.0. The van der Waals surface area contributed by atoms with Gasteiger partial charge in [-0.05, 0) is 55.8 Å². The zero-order valence-electron chi connectivity index (χ0n) is 16.8. The Labute approximate surface area is 175 Å². The number of carboxylic acid groups (broad SMARTS) is 1. The summed E-state index contributed by atoms with van der Waals surface area (Å²) in [6.45, 7) is 3.13. The van der Waals surface area contributed by atoms with E-state index in [-0.39, 0.29) is 24.3 Å². The minimum Gasteiger partial charge on any atom is -0.508 e. The van der Waals surface area contributed by atoms with E-state index in [4.69, 9.17) is 5.11 Å². The highest BCUT2D eigenvalue weighted by molar-refractivity contribution is 6.05. The average molecular weight is 430 g/mol. The smallest absolute Gasteiger partial charge is 0.305 e. The number of phenolic OH excluding ortho intramolecular Hbond substituents is 1. The topological polar surface area (TPSA) is 109 Å². The summed E-state index contributed by atoms with van der Waals surface area (Å²) in [6, 6.07) is 7.09. The highest BCUT2D eigenvalue weighted by Crippen LogP contribution is 2.34. The summed E-state index contributed by atoms with van der Waals surface area (Å²) in [5.41, 5.74) is 1.13. The number of nitrogens with zero attached hydrogens (tertiary/aromatic N) is 1. The van der Waals surface area contributed by atoms with Crippen LogP contribution in [0.25, 0.3) is 10.9 Å². The van der Waals surface area contributed by atoms with Crippen LogP contribution in [0.3, 0.4) is 0 Å². The maximum absolute atomic E-state index is 13.7. The fourth-order valence-electron chi connectivity index (χ4n) is 3.57. The maximum Gasteiger partial charge on any atom is 0.305 e. The lowest BCUT2D eigenvalue weighted by Gasteiger charge is -2.13. The van der Waals surface area contributed by atoms with Crippen LogP contribution in [0.5, 0.6) is 5.75 Å². The van der Waals surface area contributed by atoms with Crippen LogP contribution >= 0.6 is 0 Å². The van der Waals surface area contributed by atoms with Crippen LogP contribution in [0.15, 0.2) is 36.4 Å². The lowest BCUT2D eigenvalue weighted by molar-refractivity contribution is -0.136. The first-order valence-electron chi connectivity index (χ1n) is 9.45. The first kappa shape index (κ1) is 21.9. The number of carbonyl (C=O) groups excluding carboxylic acids is 2. The van der Waals surface area contributed by atoms with Gasteiger partial charge in [0, 0.05) is 23.2 Å². The third kappa shape index (κ3) is 4.25. The number of aromatic nitrogens is 1. The fourth-order valence-corrected chi connectivity index (χ4v) is 3.57. The quantitative estimate of drug-likeness (QED) is 0.556. The van der Waals surface area contributed by atoms with Crippen LogP contribution in [0.1, 0.15) is 40.9 Å². The number of hydrogen-bond acceptors (Lipinski definition) is 4. The highest BCUT2D eigenvalue weighted by atomic mass is 19.2. The van der Waals surface area contributed by atoms with Crippen molar-refractivity contribution in [3.63, 3.8) is 0 Å². The Morgan fingerprint density at radius 3 is 2.45 bits per heavy atom. The molecule has 1 unspecified atom stereocenters. The van der Waals surface area contributed by atoms with Crippen LogP contribution in [0.4, 0.5) is 8.78 Å². The Bertz CT molecular complexity index is 1200. The summed E-state index contributed by atoms with van der Waals surface area (Å²) in [4.78, 5) is 36.4. The number of halogens is 2. The number of carbonyl (C=O) groups is 3. The van der Waals surface area contributed by atoms with Crippen LogP contribution in [-0.4, -0.2) is 39.1 Å². The number of hydrogen-bond donors (Lipinski definition) is 3. The molecule has 162 valence electrons. The number of nitrogens with one attached hydrogen (secondary N) is 1. The monoisotopic (exact) mass is 430 g/mol. The van der Waals surface area contributed by atoms with Crippen molar-refractivity contribution in [2.45, 2.75) is 26.2 Å². The molecule has 0 fully saturated rings. The van der Waals surface area contributed by atoms with E-state index in [0.29, 0.717) is 22.2 Å². The largest absolute Gasteiger partial charge is 0.508 e. The summed E-state index contributed by atoms with van der Waals surface area (Å²) in [7, 11) is 0. The standard InChI is InChI=1S/C22H20F2N2O5/c1-11(21(30)25-8-7-19(28)29)20-12(2)26(18-6-4-14(27)10-15(18)20)22(31)13-3-5-16(23)17(24)9-13/h3-6,9-11,27H,7-8H2,1-2H3,(H,25,30)(H,28,29). The van der Waals surface area contributed by atoms with Gasteiger partial charge in [-0.25, -0.2) is 8.78 Å². The molecule has 0 aliphatic carbocycles. The molecule has 3 aromatic rings. The molecule has 0 spiro atoms. The van der Waals surface area contributed by atoms with Gasteiger partial charge in [-0.2, -0.15) is 0 Å². The number of benzene rings is 2. The second kappa shape index (κ2) is 8.55. The van der Waals surface area contributed by atoms with Crippen molar-refractivity contribution in [1.82, 2.24) is 9.88 Å². The van der Waals surface area contributed by atoms with Crippen LogP contribution in [0, 0.1) is 18.6 Å². The first-order valence-corrected chi connectivity index (χ1v) is 9.45. The molecule has 0 saturated heterocycles. The van der Waals surface area contributed by atoms with Crippen molar-refractivity contribution in [3.05, 3.63) is 64.9 Å². The van der Waals surface area contributed by atoms with E-state index in [1.54, 1.807) is 13.8 Å². The van der Waals surface area contributed by atoms with Gasteiger partial charge in [0.05, 0.1) is 17.9 Å². The summed E-state index contributed by atoms with van der Waals surface area (Å²) < 4.78 is 28.2. The van der Waals surface area contributed by atoms with Crippen molar-refractivity contribution in [2.24, 2.45) is 0 Å². The van der Waals surface area contributed by atoms with Crippen LogP contribution in [0.2, 0.25) is 0 Å². The Morgan fingerprint density at radius 2 is 1.81 bits per heavy atom. The number of aliphatic carboxylic acids is 1. The fraction of sp³-hybridized carbons (Fsp3) is 0.227. The molecule has 0 bridgehead atoms. The van der Waals surface area contributed by atoms with Gasteiger partial charge >= 0.3 is 5.97 Å². The molecule has 0 saturated carbocycles. The molecule has 3 N–H and O–H groups in total. The number of fused-ring (bicyclic) bond motifs is 1. The van der Waals surface area contributed by atoms with Crippen molar-refractivity contribution < 1.29 is 33.4 Å². The van der Waals surface area contributed by atoms with Gasteiger partial charge < -0.3 is 15.5 Å². The van der Waals surface area contributed by atoms with Gasteiger partial charge in [0.25, 0.3) is 5.91 Å². The zero-order valence-corrected chi connectivity index (χ0v) is 16.8. The molecule has 0 aliphatic heterocycles. The Balaban J connectivity index is 2.09. The Morgan fingerprint density at radius 1 is 1.10 bits per heavy atom. The van der Waals surface area contributed by atoms with E-state index in [9.17, 15) is 28.3 Å². The molecule has 2 aromatic carbocycles. The van der Waals surface area contributed by atoms with Crippen LogP contribution < -0.4 is 5.32 Å². The molecule has 9 heteroatoms. The van der Waals surface area contributed by atoms with E-state index >= 15 is 0 Å². The molecule has 1 atom stereocenters. The number of amides is 1. The summed E-state index contributed by atoms with van der Waals surface area (Å²) >= 11 is 0. The molecule has 7 nitrogen and oxygen atoms in total. The number of phenols is 1. The molecule has 1 aromatic heterocycles. The SMILES string of the molecule is Cc1c(C(C)C(=O)NCCC(=O)O)c2cc(O)ccc2n1C(=O)c1ccc(F)c(F)c1. The van der Waals surface area contributed by atoms with Crippen molar-refractivity contribution in [2.75, 3.05) is 6.54 Å². The summed E-state index contributed by atoms with van der Waals surface area (Å²) in [6.07, 6.45) is -0.241. The van der Waals surface area contributed by atoms with E-state index in [1.807, 2.05) is 0 Å². The van der Waals surface area contributed by atoms with Crippen molar-refractivity contribution in [1.29, 1.82) is 0 Å². The average Bonchev–Trinajstić information content (AvgIpc) is 2.99. The van der Waals surface area contributed by atoms with Crippen LogP contribution in [-0.2, 0) is 9.59 Å². The van der Waals surface area contributed by atoms with E-state index in [0.717, 1.165) is 18.2 Å². The Hall–Kier alpha value is -3.75. The molecule has 1 amide bonds. The third-order valence-electron chi connectivity index (χ3n) is 5.07. The molecular formula is C22H20F2N2O5. The maximum atomic E-state index is 13.7. The lowest BCUT2D eigenvalue weighted by atomic mass is 9.97. The van der Waals surface area contributed by atoms with E-state index in [1.165, 1.54) is 22.8 Å². The van der Waals surface area contributed by atoms with E-state index < -0.39 is 35.3 Å². The predicted molar refractivity (Wildman–Crippen MR) is 108 cm³/mol. The van der Waals surface area contributed by atoms with Crippen molar-refractivity contribution >= 4 is 28.7 Å².